The summed E-state index contributed by atoms with van der Waals surface area (Å²) >= 11 is 5.75. The fourth-order valence-electron chi connectivity index (χ4n) is 3.13. The third-order valence-corrected chi connectivity index (χ3v) is 6.40. The summed E-state index contributed by atoms with van der Waals surface area (Å²) in [6.45, 7) is 0.493. The predicted molar refractivity (Wildman–Crippen MR) is 102 cm³/mol. The lowest BCUT2D eigenvalue weighted by molar-refractivity contribution is -0.120. The Morgan fingerprint density at radius 2 is 1.79 bits per heavy atom. The Hall–Kier alpha value is -2.33. The van der Waals surface area contributed by atoms with E-state index in [-0.39, 0.29) is 30.6 Å². The average Bonchev–Trinajstić information content (AvgIpc) is 2.69. The molecule has 0 radical (unpaired) electrons. The summed E-state index contributed by atoms with van der Waals surface area (Å²) in [5.41, 5.74) is -5.39. The minimum atomic E-state index is -5.47. The molecule has 1 aromatic carbocycles. The van der Waals surface area contributed by atoms with Crippen molar-refractivity contribution >= 4 is 38.9 Å². The van der Waals surface area contributed by atoms with Crippen molar-refractivity contribution < 1.29 is 26.4 Å². The Labute approximate surface area is 170 Å². The van der Waals surface area contributed by atoms with Crippen molar-refractivity contribution in [2.24, 2.45) is 5.92 Å². The van der Waals surface area contributed by atoms with Gasteiger partial charge >= 0.3 is 5.51 Å². The van der Waals surface area contributed by atoms with Crippen LogP contribution in [0.25, 0.3) is 0 Å². The van der Waals surface area contributed by atoms with Crippen LogP contribution in [0.1, 0.15) is 12.8 Å². The second kappa shape index (κ2) is 8.19. The largest absolute Gasteiger partial charge is 0.501 e. The zero-order valence-electron chi connectivity index (χ0n) is 15.0. The molecular formula is C18H17ClF3N3O3S. The summed E-state index contributed by atoms with van der Waals surface area (Å²) in [5.74, 6) is -0.269. The number of piperidine rings is 1. The van der Waals surface area contributed by atoms with Gasteiger partial charge < -0.3 is 10.2 Å². The van der Waals surface area contributed by atoms with Crippen LogP contribution in [0.15, 0.2) is 47.5 Å². The van der Waals surface area contributed by atoms with Crippen molar-refractivity contribution in [2.75, 3.05) is 23.3 Å². The molecule has 29 heavy (non-hydrogen) atoms. The highest BCUT2D eigenvalue weighted by molar-refractivity contribution is 7.92. The standard InChI is InChI=1S/C18H17ClF3N3O3S/c19-13-5-6-16(23-11-13)24-17(26)12-7-9-25(10-8-12)14-3-1-2-4-15(14)29(27,28)18(20,21)22/h1-6,11-12H,7-10H2,(H,23,24,26). The van der Waals surface area contributed by atoms with Crippen LogP contribution in [0.3, 0.4) is 0 Å². The van der Waals surface area contributed by atoms with Gasteiger partial charge in [0, 0.05) is 25.2 Å². The average molecular weight is 448 g/mol. The number of carbonyl (C=O) groups is 1. The van der Waals surface area contributed by atoms with Crippen LogP contribution in [0.2, 0.25) is 5.02 Å². The molecule has 6 nitrogen and oxygen atoms in total. The number of aromatic nitrogens is 1. The smallest absolute Gasteiger partial charge is 0.370 e. The third-order valence-electron chi connectivity index (χ3n) is 4.64. The Bertz CT molecular complexity index is 989. The zero-order chi connectivity index (χ0) is 21.2. The molecule has 0 bridgehead atoms. The first-order valence-corrected chi connectivity index (χ1v) is 10.5. The van der Waals surface area contributed by atoms with Crippen LogP contribution in [-0.4, -0.2) is 37.9 Å². The number of amides is 1. The van der Waals surface area contributed by atoms with E-state index in [1.54, 1.807) is 17.0 Å². The van der Waals surface area contributed by atoms with E-state index in [0.29, 0.717) is 23.7 Å². The van der Waals surface area contributed by atoms with Crippen LogP contribution in [0, 0.1) is 5.92 Å². The number of pyridine rings is 1. The molecule has 0 aliphatic carbocycles. The number of nitrogens with zero attached hydrogens (tertiary/aromatic N) is 2. The van der Waals surface area contributed by atoms with E-state index in [1.165, 1.54) is 24.4 Å². The van der Waals surface area contributed by atoms with E-state index in [0.717, 1.165) is 6.07 Å². The van der Waals surface area contributed by atoms with Gasteiger partial charge in [-0.25, -0.2) is 13.4 Å². The zero-order valence-corrected chi connectivity index (χ0v) is 16.6. The predicted octanol–water partition coefficient (Wildman–Crippen LogP) is 3.88. The Balaban J connectivity index is 1.70. The van der Waals surface area contributed by atoms with Gasteiger partial charge in [0.25, 0.3) is 9.84 Å². The van der Waals surface area contributed by atoms with Gasteiger partial charge in [-0.2, -0.15) is 13.2 Å². The van der Waals surface area contributed by atoms with E-state index in [4.69, 9.17) is 11.6 Å². The summed E-state index contributed by atoms with van der Waals surface area (Å²) in [7, 11) is -5.47. The number of hydrogen-bond acceptors (Lipinski definition) is 5. The fourth-order valence-corrected chi connectivity index (χ4v) is 4.22. The van der Waals surface area contributed by atoms with Crippen molar-refractivity contribution in [2.45, 2.75) is 23.2 Å². The van der Waals surface area contributed by atoms with Crippen LogP contribution in [0.5, 0.6) is 0 Å². The number of alkyl halides is 3. The van der Waals surface area contributed by atoms with E-state index < -0.39 is 20.2 Å². The molecule has 1 aliphatic rings. The van der Waals surface area contributed by atoms with Gasteiger partial charge in [-0.3, -0.25) is 4.79 Å². The maximum absolute atomic E-state index is 13.0. The molecular weight excluding hydrogens is 431 g/mol. The number of nitrogens with one attached hydrogen (secondary N) is 1. The van der Waals surface area contributed by atoms with Gasteiger partial charge in [-0.15, -0.1) is 0 Å². The van der Waals surface area contributed by atoms with Crippen molar-refractivity contribution in [3.05, 3.63) is 47.6 Å². The molecule has 0 atom stereocenters. The number of rotatable bonds is 4. The van der Waals surface area contributed by atoms with Crippen LogP contribution in [-0.2, 0) is 14.6 Å². The molecule has 1 N–H and O–H groups in total. The second-order valence-electron chi connectivity index (χ2n) is 6.53. The van der Waals surface area contributed by atoms with Gasteiger partial charge in [0.2, 0.25) is 5.91 Å². The van der Waals surface area contributed by atoms with Crippen molar-refractivity contribution in [1.29, 1.82) is 0 Å². The Morgan fingerprint density at radius 3 is 2.38 bits per heavy atom. The first kappa shape index (κ1) is 21.4. The molecule has 2 aromatic rings. The summed E-state index contributed by atoms with van der Waals surface area (Å²) in [5, 5.41) is 3.11. The highest BCUT2D eigenvalue weighted by atomic mass is 35.5. The van der Waals surface area contributed by atoms with Gasteiger partial charge in [-0.1, -0.05) is 23.7 Å². The monoisotopic (exact) mass is 447 g/mol. The van der Waals surface area contributed by atoms with Gasteiger partial charge in [-0.05, 0) is 37.1 Å². The maximum atomic E-state index is 13.0. The number of sulfone groups is 1. The van der Waals surface area contributed by atoms with Crippen LogP contribution in [0.4, 0.5) is 24.7 Å². The first-order valence-electron chi connectivity index (χ1n) is 8.67. The summed E-state index contributed by atoms with van der Waals surface area (Å²) in [6, 6.07) is 8.18. The SMILES string of the molecule is O=C(Nc1ccc(Cl)cn1)C1CCN(c2ccccc2S(=O)(=O)C(F)(F)F)CC1. The van der Waals surface area contributed by atoms with Gasteiger partial charge in [0.15, 0.2) is 0 Å². The highest BCUT2D eigenvalue weighted by Crippen LogP contribution is 2.37. The number of para-hydroxylation sites is 1. The quantitative estimate of drug-likeness (QED) is 0.769. The lowest BCUT2D eigenvalue weighted by Gasteiger charge is -2.34. The molecule has 1 saturated heterocycles. The molecule has 1 fully saturated rings. The fraction of sp³-hybridized carbons (Fsp3) is 0.333. The third kappa shape index (κ3) is 4.64. The lowest BCUT2D eigenvalue weighted by Crippen LogP contribution is -2.39. The molecule has 1 amide bonds. The van der Waals surface area contributed by atoms with Gasteiger partial charge in [0.1, 0.15) is 5.82 Å². The molecule has 3 rings (SSSR count). The Morgan fingerprint density at radius 1 is 1.14 bits per heavy atom. The van der Waals surface area contributed by atoms with Crippen molar-refractivity contribution in [3.8, 4) is 0 Å². The second-order valence-corrected chi connectivity index (χ2v) is 8.88. The number of halogens is 4. The minimum Gasteiger partial charge on any atom is -0.370 e. The lowest BCUT2D eigenvalue weighted by atomic mass is 9.95. The van der Waals surface area contributed by atoms with E-state index in [9.17, 15) is 26.4 Å². The van der Waals surface area contributed by atoms with E-state index in [2.05, 4.69) is 10.3 Å². The number of anilines is 2. The summed E-state index contributed by atoms with van der Waals surface area (Å²) in [4.78, 5) is 17.2. The normalized spacial score (nSPS) is 15.9. The molecule has 1 aromatic heterocycles. The molecule has 156 valence electrons. The highest BCUT2D eigenvalue weighted by Gasteiger charge is 2.48. The first-order chi connectivity index (χ1) is 13.6. The van der Waals surface area contributed by atoms with Crippen molar-refractivity contribution in [3.63, 3.8) is 0 Å². The van der Waals surface area contributed by atoms with Crippen LogP contribution < -0.4 is 10.2 Å². The molecule has 0 spiro atoms. The number of carbonyl (C=O) groups excluding carboxylic acids is 1. The molecule has 1 aliphatic heterocycles. The van der Waals surface area contributed by atoms with Crippen LogP contribution >= 0.6 is 11.6 Å². The number of hydrogen-bond donors (Lipinski definition) is 1. The molecule has 0 unspecified atom stereocenters. The van der Waals surface area contributed by atoms with E-state index >= 15 is 0 Å². The van der Waals surface area contributed by atoms with Crippen molar-refractivity contribution in [1.82, 2.24) is 4.98 Å². The van der Waals surface area contributed by atoms with Gasteiger partial charge in [0.05, 0.1) is 15.6 Å². The topological polar surface area (TPSA) is 79.4 Å². The molecule has 11 heteroatoms. The molecule has 2 heterocycles. The maximum Gasteiger partial charge on any atom is 0.501 e. The summed E-state index contributed by atoms with van der Waals surface area (Å²) < 4.78 is 62.7. The minimum absolute atomic E-state index is 0.0111. The molecule has 0 saturated carbocycles. The Kier molecular flexibility index (Phi) is 6.04. The summed E-state index contributed by atoms with van der Waals surface area (Å²) in [6.07, 6.45) is 2.12. The number of benzene rings is 1. The van der Waals surface area contributed by atoms with E-state index in [1.807, 2.05) is 0 Å².